The van der Waals surface area contributed by atoms with Crippen LogP contribution in [0.25, 0.3) is 10.8 Å². The highest BCUT2D eigenvalue weighted by atomic mass is 15.1. The van der Waals surface area contributed by atoms with Crippen molar-refractivity contribution in [2.75, 3.05) is 14.1 Å². The van der Waals surface area contributed by atoms with Gasteiger partial charge in [0.25, 0.3) is 0 Å². The number of fused-ring (bicyclic) bond motifs is 1. The number of hydrogen-bond donors (Lipinski definition) is 0. The van der Waals surface area contributed by atoms with Crippen molar-refractivity contribution < 1.29 is 0 Å². The average Bonchev–Trinajstić information content (AvgIpc) is 2.95. The fourth-order valence-electron chi connectivity index (χ4n) is 2.62. The monoisotopic (exact) mass is 260 g/mol. The first-order chi connectivity index (χ1) is 9.69. The van der Waals surface area contributed by atoms with Gasteiger partial charge < -0.3 is 4.90 Å². The Kier molecular flexibility index (Phi) is 3.04. The van der Waals surface area contributed by atoms with Crippen molar-refractivity contribution in [3.63, 3.8) is 0 Å². The van der Waals surface area contributed by atoms with E-state index in [4.69, 9.17) is 0 Å². The summed E-state index contributed by atoms with van der Waals surface area (Å²) in [4.78, 5) is 2.09. The Hall–Kier alpha value is -2.53. The molecule has 0 bridgehead atoms. The molecule has 0 radical (unpaired) electrons. The molecule has 98 valence electrons. The predicted molar refractivity (Wildman–Crippen MR) is 82.3 cm³/mol. The first kappa shape index (κ1) is 12.5. The SMILES string of the molecule is CN(C)C1=CC(c2cc3ccccc3cc2C#N)C=C1. The summed E-state index contributed by atoms with van der Waals surface area (Å²) >= 11 is 0. The van der Waals surface area contributed by atoms with E-state index in [1.807, 2.05) is 38.4 Å². The number of nitriles is 1. The van der Waals surface area contributed by atoms with E-state index in [0.29, 0.717) is 0 Å². The van der Waals surface area contributed by atoms with Crippen molar-refractivity contribution in [3.8, 4) is 6.07 Å². The highest BCUT2D eigenvalue weighted by Crippen LogP contribution is 2.32. The van der Waals surface area contributed by atoms with Gasteiger partial charge in [0.05, 0.1) is 11.6 Å². The van der Waals surface area contributed by atoms with Crippen molar-refractivity contribution in [2.24, 2.45) is 0 Å². The van der Waals surface area contributed by atoms with Gasteiger partial charge in [-0.25, -0.2) is 0 Å². The van der Waals surface area contributed by atoms with E-state index in [9.17, 15) is 5.26 Å². The van der Waals surface area contributed by atoms with E-state index < -0.39 is 0 Å². The van der Waals surface area contributed by atoms with E-state index >= 15 is 0 Å². The molecule has 0 N–H and O–H groups in total. The summed E-state index contributed by atoms with van der Waals surface area (Å²) < 4.78 is 0. The van der Waals surface area contributed by atoms with Gasteiger partial charge in [-0.15, -0.1) is 0 Å². The van der Waals surface area contributed by atoms with Crippen LogP contribution in [0.2, 0.25) is 0 Å². The lowest BCUT2D eigenvalue weighted by atomic mass is 9.92. The van der Waals surface area contributed by atoms with Crippen molar-refractivity contribution in [1.29, 1.82) is 5.26 Å². The van der Waals surface area contributed by atoms with E-state index in [1.165, 1.54) is 11.1 Å². The van der Waals surface area contributed by atoms with E-state index in [1.54, 1.807) is 0 Å². The highest BCUT2D eigenvalue weighted by Gasteiger charge is 2.17. The minimum Gasteiger partial charge on any atom is -0.378 e. The first-order valence-electron chi connectivity index (χ1n) is 6.69. The van der Waals surface area contributed by atoms with Crippen LogP contribution in [0.5, 0.6) is 0 Å². The molecular formula is C18H16N2. The Morgan fingerprint density at radius 1 is 1.10 bits per heavy atom. The molecule has 20 heavy (non-hydrogen) atoms. The zero-order valence-electron chi connectivity index (χ0n) is 11.7. The fraction of sp³-hybridized carbons (Fsp3) is 0.167. The third kappa shape index (κ3) is 2.08. The van der Waals surface area contributed by atoms with Crippen molar-refractivity contribution >= 4 is 10.8 Å². The second-order valence-electron chi connectivity index (χ2n) is 5.27. The molecule has 0 aliphatic heterocycles. The van der Waals surface area contributed by atoms with Crippen LogP contribution in [0.3, 0.4) is 0 Å². The second kappa shape index (κ2) is 4.86. The molecule has 2 nitrogen and oxygen atoms in total. The zero-order chi connectivity index (χ0) is 14.1. The van der Waals surface area contributed by atoms with E-state index in [2.05, 4.69) is 41.3 Å². The summed E-state index contributed by atoms with van der Waals surface area (Å²) in [6.07, 6.45) is 6.46. The summed E-state index contributed by atoms with van der Waals surface area (Å²) in [5.41, 5.74) is 3.03. The van der Waals surface area contributed by atoms with Crippen LogP contribution in [0.1, 0.15) is 17.0 Å². The van der Waals surface area contributed by atoms with Gasteiger partial charge >= 0.3 is 0 Å². The lowest BCUT2D eigenvalue weighted by molar-refractivity contribution is 0.530. The first-order valence-corrected chi connectivity index (χ1v) is 6.69. The Balaban J connectivity index is 2.13. The van der Waals surface area contributed by atoms with Crippen LogP contribution in [-0.2, 0) is 0 Å². The molecule has 1 aliphatic rings. The lowest BCUT2D eigenvalue weighted by Gasteiger charge is -2.13. The van der Waals surface area contributed by atoms with Gasteiger partial charge in [-0.1, -0.05) is 30.3 Å². The standard InChI is InChI=1S/C18H16N2/c1-20(2)17-8-7-15(10-17)18-11-14-6-4-3-5-13(14)9-16(18)12-19/h3-11,15H,1-2H3. The molecule has 2 aromatic rings. The zero-order valence-corrected chi connectivity index (χ0v) is 11.7. The third-order valence-corrected chi connectivity index (χ3v) is 3.74. The number of likely N-dealkylation sites (N-methyl/N-ethyl adjacent to an activating group) is 1. The molecule has 2 aromatic carbocycles. The molecule has 0 fully saturated rings. The van der Waals surface area contributed by atoms with Gasteiger partial charge in [0.1, 0.15) is 0 Å². The van der Waals surface area contributed by atoms with Crippen molar-refractivity contribution in [3.05, 3.63) is 71.5 Å². The maximum absolute atomic E-state index is 9.41. The average molecular weight is 260 g/mol. The summed E-state index contributed by atoms with van der Waals surface area (Å²) in [5, 5.41) is 11.7. The van der Waals surface area contributed by atoms with Crippen LogP contribution < -0.4 is 0 Å². The van der Waals surface area contributed by atoms with E-state index in [0.717, 1.165) is 16.5 Å². The van der Waals surface area contributed by atoms with Gasteiger partial charge in [-0.2, -0.15) is 5.26 Å². The van der Waals surface area contributed by atoms with E-state index in [-0.39, 0.29) is 5.92 Å². The highest BCUT2D eigenvalue weighted by molar-refractivity contribution is 5.85. The molecule has 2 heteroatoms. The smallest absolute Gasteiger partial charge is 0.0995 e. The van der Waals surface area contributed by atoms with Crippen LogP contribution in [0.4, 0.5) is 0 Å². The number of rotatable bonds is 2. The largest absolute Gasteiger partial charge is 0.378 e. The van der Waals surface area contributed by atoms with Crippen LogP contribution in [-0.4, -0.2) is 19.0 Å². The normalized spacial score (nSPS) is 17.1. The Labute approximate surface area is 119 Å². The lowest BCUT2D eigenvalue weighted by Crippen LogP contribution is -2.07. The van der Waals surface area contributed by atoms with Gasteiger partial charge in [0.15, 0.2) is 0 Å². The maximum atomic E-state index is 9.41. The number of benzene rings is 2. The van der Waals surface area contributed by atoms with Crippen LogP contribution >= 0.6 is 0 Å². The second-order valence-corrected chi connectivity index (χ2v) is 5.27. The number of allylic oxidation sites excluding steroid dienone is 3. The molecule has 0 spiro atoms. The summed E-state index contributed by atoms with van der Waals surface area (Å²) in [6.45, 7) is 0. The molecule has 3 rings (SSSR count). The Morgan fingerprint density at radius 3 is 2.40 bits per heavy atom. The fourth-order valence-corrected chi connectivity index (χ4v) is 2.62. The van der Waals surface area contributed by atoms with Crippen molar-refractivity contribution in [1.82, 2.24) is 4.90 Å². The number of hydrogen-bond acceptors (Lipinski definition) is 2. The molecule has 0 aromatic heterocycles. The Bertz CT molecular complexity index is 761. The molecule has 1 atom stereocenters. The predicted octanol–water partition coefficient (Wildman–Crippen LogP) is 3.81. The van der Waals surface area contributed by atoms with Gasteiger partial charge in [-0.05, 0) is 40.6 Å². The summed E-state index contributed by atoms with van der Waals surface area (Å²) in [6, 6.07) is 14.6. The maximum Gasteiger partial charge on any atom is 0.0995 e. The summed E-state index contributed by atoms with van der Waals surface area (Å²) in [5.74, 6) is 0.187. The minimum absolute atomic E-state index is 0.187. The molecular weight excluding hydrogens is 244 g/mol. The molecule has 0 saturated heterocycles. The Morgan fingerprint density at radius 2 is 1.80 bits per heavy atom. The number of nitrogens with zero attached hydrogens (tertiary/aromatic N) is 2. The van der Waals surface area contributed by atoms with Gasteiger partial charge in [0, 0.05) is 25.7 Å². The third-order valence-electron chi connectivity index (χ3n) is 3.74. The minimum atomic E-state index is 0.187. The van der Waals surface area contributed by atoms with Crippen LogP contribution in [0, 0.1) is 11.3 Å². The van der Waals surface area contributed by atoms with Crippen molar-refractivity contribution in [2.45, 2.75) is 5.92 Å². The van der Waals surface area contributed by atoms with Gasteiger partial charge in [0.2, 0.25) is 0 Å². The topological polar surface area (TPSA) is 27.0 Å². The molecule has 0 amide bonds. The molecule has 0 heterocycles. The summed E-state index contributed by atoms with van der Waals surface area (Å²) in [7, 11) is 4.06. The van der Waals surface area contributed by atoms with Crippen LogP contribution in [0.15, 0.2) is 60.3 Å². The van der Waals surface area contributed by atoms with Gasteiger partial charge in [-0.3, -0.25) is 0 Å². The quantitative estimate of drug-likeness (QED) is 0.821. The molecule has 0 saturated carbocycles. The molecule has 1 unspecified atom stereocenters. The molecule has 1 aliphatic carbocycles.